The Morgan fingerprint density at radius 3 is 2.40 bits per heavy atom. The summed E-state index contributed by atoms with van der Waals surface area (Å²) in [5, 5.41) is 8.49. The highest BCUT2D eigenvalue weighted by atomic mass is 32.1. The maximum atomic E-state index is 11.5. The molecular weight excluding hydrogens is 274 g/mol. The Bertz CT molecular complexity index is 541. The molecule has 20 heavy (non-hydrogen) atoms. The van der Waals surface area contributed by atoms with E-state index in [0.29, 0.717) is 11.4 Å². The van der Waals surface area contributed by atoms with Crippen LogP contribution in [0.15, 0.2) is 18.2 Å². The molecule has 0 heterocycles. The van der Waals surface area contributed by atoms with Crippen LogP contribution in [0.1, 0.15) is 26.3 Å². The number of aryl methyl sites for hydroxylation is 1. The van der Waals surface area contributed by atoms with Gasteiger partial charge >= 0.3 is 0 Å². The molecule has 2 amide bonds. The number of nitrogens with one attached hydrogen (secondary N) is 3. The topological polar surface area (TPSA) is 70.2 Å². The quantitative estimate of drug-likeness (QED) is 0.749. The molecule has 0 spiro atoms. The van der Waals surface area contributed by atoms with Crippen LogP contribution in [0.4, 0.5) is 11.4 Å². The normalized spacial score (nSPS) is 10.1. The molecule has 0 radical (unpaired) electrons. The summed E-state index contributed by atoms with van der Waals surface area (Å²) in [6, 6.07) is 5.46. The van der Waals surface area contributed by atoms with Crippen molar-refractivity contribution < 1.29 is 9.59 Å². The Morgan fingerprint density at radius 1 is 1.20 bits per heavy atom. The summed E-state index contributed by atoms with van der Waals surface area (Å²) in [5.74, 6) is -0.416. The van der Waals surface area contributed by atoms with Crippen LogP contribution in [0.3, 0.4) is 0 Å². The lowest BCUT2D eigenvalue weighted by atomic mass is 10.2. The van der Waals surface area contributed by atoms with E-state index >= 15 is 0 Å². The van der Waals surface area contributed by atoms with E-state index in [4.69, 9.17) is 12.2 Å². The zero-order chi connectivity index (χ0) is 15.3. The predicted molar refractivity (Wildman–Crippen MR) is 84.7 cm³/mol. The third-order valence-corrected chi connectivity index (χ3v) is 2.77. The second-order valence-corrected chi connectivity index (χ2v) is 5.22. The molecule has 3 N–H and O–H groups in total. The summed E-state index contributed by atoms with van der Waals surface area (Å²) < 4.78 is 0. The van der Waals surface area contributed by atoms with Crippen molar-refractivity contribution in [2.45, 2.75) is 27.7 Å². The maximum Gasteiger partial charge on any atom is 0.228 e. The fourth-order valence-electron chi connectivity index (χ4n) is 1.44. The lowest BCUT2D eigenvalue weighted by molar-refractivity contribution is -0.122. The molecule has 108 valence electrons. The van der Waals surface area contributed by atoms with E-state index in [0.717, 1.165) is 5.56 Å². The van der Waals surface area contributed by atoms with Gasteiger partial charge in [0, 0.05) is 24.2 Å². The van der Waals surface area contributed by atoms with Gasteiger partial charge in [-0.2, -0.15) is 0 Å². The van der Waals surface area contributed by atoms with Gasteiger partial charge in [0.05, 0.1) is 0 Å². The van der Waals surface area contributed by atoms with Gasteiger partial charge < -0.3 is 16.0 Å². The number of rotatable bonds is 3. The summed E-state index contributed by atoms with van der Waals surface area (Å²) in [4.78, 5) is 22.6. The van der Waals surface area contributed by atoms with E-state index in [9.17, 15) is 9.59 Å². The minimum atomic E-state index is -0.142. The van der Waals surface area contributed by atoms with Crippen molar-refractivity contribution in [3.05, 3.63) is 23.8 Å². The Hall–Kier alpha value is -1.95. The summed E-state index contributed by atoms with van der Waals surface area (Å²) in [6.45, 7) is 6.93. The molecule has 1 aromatic carbocycles. The van der Waals surface area contributed by atoms with E-state index in [1.165, 1.54) is 6.92 Å². The number of carbonyl (C=O) groups excluding carboxylic acids is 2. The second kappa shape index (κ2) is 7.00. The Kier molecular flexibility index (Phi) is 5.64. The lowest BCUT2D eigenvalue weighted by Gasteiger charge is -2.13. The van der Waals surface area contributed by atoms with Crippen LogP contribution in [0.2, 0.25) is 0 Å². The van der Waals surface area contributed by atoms with Crippen LogP contribution in [0.5, 0.6) is 0 Å². The first-order chi connectivity index (χ1) is 9.29. The van der Waals surface area contributed by atoms with Gasteiger partial charge in [-0.3, -0.25) is 9.59 Å². The van der Waals surface area contributed by atoms with Crippen LogP contribution in [0.25, 0.3) is 0 Å². The summed E-state index contributed by atoms with van der Waals surface area (Å²) in [5.41, 5.74) is 2.36. The van der Waals surface area contributed by atoms with Crippen molar-refractivity contribution in [3.63, 3.8) is 0 Å². The lowest BCUT2D eigenvalue weighted by Crippen LogP contribution is -2.36. The standard InChI is InChI=1S/C14H19N3O2S/c1-8(2)13(19)17-14(20)16-11-6-5-9(3)12(7-11)15-10(4)18/h5-8H,1-4H3,(H,15,18)(H2,16,17,19,20). The van der Waals surface area contributed by atoms with Gasteiger partial charge in [0.1, 0.15) is 0 Å². The summed E-state index contributed by atoms with van der Waals surface area (Å²) >= 11 is 5.07. The van der Waals surface area contributed by atoms with Gasteiger partial charge in [-0.05, 0) is 36.8 Å². The number of benzene rings is 1. The Morgan fingerprint density at radius 2 is 1.85 bits per heavy atom. The van der Waals surface area contributed by atoms with Crippen molar-refractivity contribution in [1.29, 1.82) is 0 Å². The number of carbonyl (C=O) groups is 2. The minimum Gasteiger partial charge on any atom is -0.332 e. The van der Waals surface area contributed by atoms with E-state index in [1.54, 1.807) is 19.9 Å². The van der Waals surface area contributed by atoms with Gasteiger partial charge in [0.25, 0.3) is 0 Å². The average molecular weight is 293 g/mol. The number of hydrogen-bond donors (Lipinski definition) is 3. The fourth-order valence-corrected chi connectivity index (χ4v) is 1.66. The molecule has 0 aliphatic heterocycles. The van der Waals surface area contributed by atoms with Gasteiger partial charge in [0.2, 0.25) is 11.8 Å². The molecule has 0 saturated heterocycles. The number of amides is 2. The molecule has 0 aliphatic rings. The third kappa shape index (κ3) is 4.97. The van der Waals surface area contributed by atoms with Crippen molar-refractivity contribution in [3.8, 4) is 0 Å². The van der Waals surface area contributed by atoms with Crippen LogP contribution >= 0.6 is 12.2 Å². The molecule has 1 rings (SSSR count). The molecule has 5 nitrogen and oxygen atoms in total. The van der Waals surface area contributed by atoms with Crippen molar-refractivity contribution in [2.75, 3.05) is 10.6 Å². The molecule has 0 saturated carbocycles. The fraction of sp³-hybridized carbons (Fsp3) is 0.357. The molecule has 0 unspecified atom stereocenters. The van der Waals surface area contributed by atoms with Crippen molar-refractivity contribution in [2.24, 2.45) is 5.92 Å². The van der Waals surface area contributed by atoms with Crippen LogP contribution in [-0.4, -0.2) is 16.9 Å². The van der Waals surface area contributed by atoms with Crippen molar-refractivity contribution in [1.82, 2.24) is 5.32 Å². The van der Waals surface area contributed by atoms with Gasteiger partial charge in [-0.1, -0.05) is 19.9 Å². The Labute approximate surface area is 124 Å². The van der Waals surface area contributed by atoms with Crippen LogP contribution in [0, 0.1) is 12.8 Å². The zero-order valence-electron chi connectivity index (χ0n) is 12.0. The largest absolute Gasteiger partial charge is 0.332 e. The van der Waals surface area contributed by atoms with Crippen molar-refractivity contribution >= 4 is 40.5 Å². The smallest absolute Gasteiger partial charge is 0.228 e. The average Bonchev–Trinajstić information content (AvgIpc) is 2.32. The molecule has 0 fully saturated rings. The highest BCUT2D eigenvalue weighted by molar-refractivity contribution is 7.80. The number of hydrogen-bond acceptors (Lipinski definition) is 3. The van der Waals surface area contributed by atoms with E-state index < -0.39 is 0 Å². The first kappa shape index (κ1) is 16.1. The summed E-state index contributed by atoms with van der Waals surface area (Å²) in [7, 11) is 0. The first-order valence-electron chi connectivity index (χ1n) is 6.29. The number of anilines is 2. The predicted octanol–water partition coefficient (Wildman–Crippen LogP) is 2.42. The van der Waals surface area contributed by atoms with E-state index in [1.807, 2.05) is 19.1 Å². The molecular formula is C14H19N3O2S. The second-order valence-electron chi connectivity index (χ2n) is 4.81. The van der Waals surface area contributed by atoms with Gasteiger partial charge in [-0.15, -0.1) is 0 Å². The van der Waals surface area contributed by atoms with Gasteiger partial charge in [0.15, 0.2) is 5.11 Å². The monoisotopic (exact) mass is 293 g/mol. The summed E-state index contributed by atoms with van der Waals surface area (Å²) in [6.07, 6.45) is 0. The zero-order valence-corrected chi connectivity index (χ0v) is 12.9. The Balaban J connectivity index is 2.75. The molecule has 0 bridgehead atoms. The van der Waals surface area contributed by atoms with Crippen LogP contribution < -0.4 is 16.0 Å². The number of thiocarbonyl (C=S) groups is 1. The molecule has 1 aromatic rings. The highest BCUT2D eigenvalue weighted by Gasteiger charge is 2.09. The first-order valence-corrected chi connectivity index (χ1v) is 6.70. The minimum absolute atomic E-state index is 0.136. The highest BCUT2D eigenvalue weighted by Crippen LogP contribution is 2.20. The molecule has 0 aliphatic carbocycles. The van der Waals surface area contributed by atoms with Crippen LogP contribution in [-0.2, 0) is 9.59 Å². The SMILES string of the molecule is CC(=O)Nc1cc(NC(=S)NC(=O)C(C)C)ccc1C. The molecule has 6 heteroatoms. The van der Waals surface area contributed by atoms with E-state index in [-0.39, 0.29) is 22.8 Å². The van der Waals surface area contributed by atoms with Gasteiger partial charge in [-0.25, -0.2) is 0 Å². The molecule has 0 aromatic heterocycles. The molecule has 0 atom stereocenters. The maximum absolute atomic E-state index is 11.5. The third-order valence-electron chi connectivity index (χ3n) is 2.57. The van der Waals surface area contributed by atoms with E-state index in [2.05, 4.69) is 16.0 Å².